The van der Waals surface area contributed by atoms with Crippen LogP contribution in [-0.4, -0.2) is 38.6 Å². The minimum absolute atomic E-state index is 0.0528. The standard InChI is InChI=1S/C20H21BrN2O6/c1-27-15-7-8-16(17(11-15)28-2)23-19(25)12-29-20(26)10-9-18(24)22-14-5-3-13(21)4-6-14/h3-8,11H,9-10,12H2,1-2H3,(H,22,24)(H,23,25). The van der Waals surface area contributed by atoms with Gasteiger partial charge in [-0.2, -0.15) is 0 Å². The van der Waals surface area contributed by atoms with Crippen molar-refractivity contribution in [2.45, 2.75) is 12.8 Å². The number of benzene rings is 2. The number of anilines is 2. The molecule has 154 valence electrons. The van der Waals surface area contributed by atoms with Crippen molar-refractivity contribution in [1.29, 1.82) is 0 Å². The van der Waals surface area contributed by atoms with E-state index < -0.39 is 18.5 Å². The predicted octanol–water partition coefficient (Wildman–Crippen LogP) is 3.37. The normalized spacial score (nSPS) is 10.0. The van der Waals surface area contributed by atoms with E-state index in [1.807, 2.05) is 0 Å². The highest BCUT2D eigenvalue weighted by molar-refractivity contribution is 9.10. The van der Waals surface area contributed by atoms with E-state index in [0.717, 1.165) is 4.47 Å². The van der Waals surface area contributed by atoms with Gasteiger partial charge in [-0.1, -0.05) is 15.9 Å². The molecule has 0 saturated heterocycles. The highest BCUT2D eigenvalue weighted by Crippen LogP contribution is 2.28. The summed E-state index contributed by atoms with van der Waals surface area (Å²) in [5.74, 6) is -0.507. The number of hydrogen-bond acceptors (Lipinski definition) is 6. The lowest BCUT2D eigenvalue weighted by molar-refractivity contribution is -0.147. The van der Waals surface area contributed by atoms with Gasteiger partial charge in [0.15, 0.2) is 6.61 Å². The van der Waals surface area contributed by atoms with Crippen LogP contribution in [0.15, 0.2) is 46.9 Å². The van der Waals surface area contributed by atoms with Crippen molar-refractivity contribution in [1.82, 2.24) is 0 Å². The first-order valence-electron chi connectivity index (χ1n) is 8.64. The molecule has 2 N–H and O–H groups in total. The van der Waals surface area contributed by atoms with E-state index in [1.54, 1.807) is 42.5 Å². The average molecular weight is 465 g/mol. The molecule has 0 saturated carbocycles. The van der Waals surface area contributed by atoms with Crippen LogP contribution < -0.4 is 20.1 Å². The maximum atomic E-state index is 12.0. The van der Waals surface area contributed by atoms with Crippen LogP contribution in [0.2, 0.25) is 0 Å². The SMILES string of the molecule is COc1ccc(NC(=O)COC(=O)CCC(=O)Nc2ccc(Br)cc2)c(OC)c1. The molecule has 2 aromatic carbocycles. The third kappa shape index (κ3) is 7.46. The third-order valence-corrected chi connectivity index (χ3v) is 4.26. The average Bonchev–Trinajstić information content (AvgIpc) is 2.72. The number of esters is 1. The Hall–Kier alpha value is -3.07. The van der Waals surface area contributed by atoms with Crippen LogP contribution >= 0.6 is 15.9 Å². The van der Waals surface area contributed by atoms with Crippen LogP contribution in [0.1, 0.15) is 12.8 Å². The lowest BCUT2D eigenvalue weighted by Crippen LogP contribution is -2.22. The molecule has 2 rings (SSSR count). The lowest BCUT2D eigenvalue weighted by Gasteiger charge is -2.11. The van der Waals surface area contributed by atoms with Gasteiger partial charge < -0.3 is 24.8 Å². The molecule has 0 bridgehead atoms. The summed E-state index contributed by atoms with van der Waals surface area (Å²) in [6.07, 6.45) is -0.190. The monoisotopic (exact) mass is 464 g/mol. The fourth-order valence-corrected chi connectivity index (χ4v) is 2.54. The Balaban J connectivity index is 1.73. The number of carbonyl (C=O) groups excluding carboxylic acids is 3. The summed E-state index contributed by atoms with van der Waals surface area (Å²) in [6.45, 7) is -0.470. The summed E-state index contributed by atoms with van der Waals surface area (Å²) in [6, 6.07) is 11.9. The molecule has 29 heavy (non-hydrogen) atoms. The van der Waals surface area contributed by atoms with E-state index in [-0.39, 0.29) is 18.7 Å². The van der Waals surface area contributed by atoms with E-state index in [1.165, 1.54) is 14.2 Å². The second kappa shape index (κ2) is 11.1. The molecule has 0 fully saturated rings. The summed E-state index contributed by atoms with van der Waals surface area (Å²) >= 11 is 3.31. The van der Waals surface area contributed by atoms with Crippen LogP contribution in [0.3, 0.4) is 0 Å². The molecule has 9 heteroatoms. The number of hydrogen-bond donors (Lipinski definition) is 2. The van der Waals surface area contributed by atoms with Gasteiger partial charge >= 0.3 is 5.97 Å². The molecule has 0 aliphatic heterocycles. The molecule has 2 aromatic rings. The molecule has 0 aliphatic rings. The van der Waals surface area contributed by atoms with Gasteiger partial charge in [-0.25, -0.2) is 0 Å². The van der Waals surface area contributed by atoms with E-state index in [4.69, 9.17) is 14.2 Å². The summed E-state index contributed by atoms with van der Waals surface area (Å²) in [5.41, 5.74) is 1.04. The highest BCUT2D eigenvalue weighted by Gasteiger charge is 2.13. The van der Waals surface area contributed by atoms with Gasteiger partial charge in [-0.15, -0.1) is 0 Å². The van der Waals surface area contributed by atoms with Crippen LogP contribution in [0.5, 0.6) is 11.5 Å². The van der Waals surface area contributed by atoms with Gasteiger partial charge in [0.25, 0.3) is 5.91 Å². The molecule has 0 aliphatic carbocycles. The van der Waals surface area contributed by atoms with E-state index in [0.29, 0.717) is 22.9 Å². The Bertz CT molecular complexity index is 870. The summed E-state index contributed by atoms with van der Waals surface area (Å²) < 4.78 is 16.1. The summed E-state index contributed by atoms with van der Waals surface area (Å²) in [7, 11) is 2.98. The fraction of sp³-hybridized carbons (Fsp3) is 0.250. The smallest absolute Gasteiger partial charge is 0.306 e. The van der Waals surface area contributed by atoms with E-state index >= 15 is 0 Å². The van der Waals surface area contributed by atoms with Crippen LogP contribution in [0, 0.1) is 0 Å². The second-order valence-electron chi connectivity index (χ2n) is 5.83. The number of rotatable bonds is 9. The molecular formula is C20H21BrN2O6. The van der Waals surface area contributed by atoms with Gasteiger partial charge in [-0.05, 0) is 36.4 Å². The van der Waals surface area contributed by atoms with Crippen molar-refractivity contribution in [3.05, 3.63) is 46.9 Å². The van der Waals surface area contributed by atoms with Crippen molar-refractivity contribution in [3.63, 3.8) is 0 Å². The minimum atomic E-state index is -0.646. The number of halogens is 1. The van der Waals surface area contributed by atoms with Gasteiger partial charge in [0.1, 0.15) is 11.5 Å². The Morgan fingerprint density at radius 2 is 1.62 bits per heavy atom. The second-order valence-corrected chi connectivity index (χ2v) is 6.75. The zero-order valence-corrected chi connectivity index (χ0v) is 17.6. The Morgan fingerprint density at radius 3 is 2.28 bits per heavy atom. The molecule has 0 radical (unpaired) electrons. The summed E-state index contributed by atoms with van der Waals surface area (Å²) in [4.78, 5) is 35.6. The van der Waals surface area contributed by atoms with Crippen molar-refractivity contribution in [2.24, 2.45) is 0 Å². The van der Waals surface area contributed by atoms with Gasteiger partial charge in [0, 0.05) is 22.6 Å². The Kier molecular flexibility index (Phi) is 8.47. The van der Waals surface area contributed by atoms with E-state index in [2.05, 4.69) is 26.6 Å². The first-order chi connectivity index (χ1) is 13.9. The van der Waals surface area contributed by atoms with Crippen molar-refractivity contribution in [2.75, 3.05) is 31.5 Å². The quantitative estimate of drug-likeness (QED) is 0.551. The van der Waals surface area contributed by atoms with Gasteiger partial charge in [0.2, 0.25) is 5.91 Å². The lowest BCUT2D eigenvalue weighted by atomic mass is 10.2. The molecule has 0 heterocycles. The van der Waals surface area contributed by atoms with Gasteiger partial charge in [-0.3, -0.25) is 14.4 Å². The first kappa shape index (κ1) is 22.2. The van der Waals surface area contributed by atoms with E-state index in [9.17, 15) is 14.4 Å². The maximum absolute atomic E-state index is 12.0. The maximum Gasteiger partial charge on any atom is 0.306 e. The minimum Gasteiger partial charge on any atom is -0.497 e. The number of methoxy groups -OCH3 is 2. The fourth-order valence-electron chi connectivity index (χ4n) is 2.28. The number of ether oxygens (including phenoxy) is 3. The molecule has 0 unspecified atom stereocenters. The molecule has 0 spiro atoms. The zero-order chi connectivity index (χ0) is 21.2. The molecule has 0 atom stereocenters. The highest BCUT2D eigenvalue weighted by atomic mass is 79.9. The van der Waals surface area contributed by atoms with Crippen molar-refractivity contribution < 1.29 is 28.6 Å². The molecule has 8 nitrogen and oxygen atoms in total. The molecule has 2 amide bonds. The zero-order valence-electron chi connectivity index (χ0n) is 16.0. The topological polar surface area (TPSA) is 103 Å². The number of amides is 2. The first-order valence-corrected chi connectivity index (χ1v) is 9.43. The third-order valence-electron chi connectivity index (χ3n) is 3.73. The molecular weight excluding hydrogens is 444 g/mol. The van der Waals surface area contributed by atoms with Crippen molar-refractivity contribution >= 4 is 45.1 Å². The summed E-state index contributed by atoms with van der Waals surface area (Å²) in [5, 5.41) is 5.26. The van der Waals surface area contributed by atoms with Crippen molar-refractivity contribution in [3.8, 4) is 11.5 Å². The largest absolute Gasteiger partial charge is 0.497 e. The van der Waals surface area contributed by atoms with Crippen LogP contribution in [-0.2, 0) is 19.1 Å². The number of carbonyl (C=O) groups is 3. The number of nitrogens with one attached hydrogen (secondary N) is 2. The van der Waals surface area contributed by atoms with Crippen LogP contribution in [0.4, 0.5) is 11.4 Å². The predicted molar refractivity (Wildman–Crippen MR) is 111 cm³/mol. The molecule has 0 aromatic heterocycles. The Labute approximate surface area is 176 Å². The van der Waals surface area contributed by atoms with Crippen LogP contribution in [0.25, 0.3) is 0 Å². The van der Waals surface area contributed by atoms with Gasteiger partial charge in [0.05, 0.1) is 26.3 Å². The Morgan fingerprint density at radius 1 is 0.897 bits per heavy atom.